The molecule has 0 radical (unpaired) electrons. The molecule has 0 saturated carbocycles. The molecule has 4 aromatic rings. The summed E-state index contributed by atoms with van der Waals surface area (Å²) in [5.74, 6) is -0.258. The fraction of sp³-hybridized carbons (Fsp3) is 0.158. The molecule has 0 aliphatic heterocycles. The van der Waals surface area contributed by atoms with E-state index in [1.165, 1.54) is 4.68 Å². The van der Waals surface area contributed by atoms with Crippen molar-refractivity contribution in [3.8, 4) is 22.9 Å². The minimum Gasteiger partial charge on any atom is -0.390 e. The molecule has 2 aromatic carbocycles. The highest BCUT2D eigenvalue weighted by molar-refractivity contribution is 5.58. The highest BCUT2D eigenvalue weighted by Gasteiger charge is 2.37. The minimum absolute atomic E-state index is 0.0265. The molecule has 0 atom stereocenters. The number of hydrogen-bond acceptors (Lipinski definition) is 5. The summed E-state index contributed by atoms with van der Waals surface area (Å²) in [6.07, 6.45) is -8.92. The second-order valence-electron chi connectivity index (χ2n) is 6.57. The molecule has 0 saturated heterocycles. The third-order valence-corrected chi connectivity index (χ3v) is 4.42. The molecule has 7 nitrogen and oxygen atoms in total. The van der Waals surface area contributed by atoms with Gasteiger partial charge in [-0.25, -0.2) is 4.98 Å². The number of hydrogen-bond donors (Lipinski definition) is 1. The largest absolute Gasteiger partial charge is 0.416 e. The van der Waals surface area contributed by atoms with E-state index in [1.807, 2.05) is 0 Å². The molecule has 0 bridgehead atoms. The van der Waals surface area contributed by atoms with E-state index < -0.39 is 35.6 Å². The number of halogens is 6. The molecular formula is C19H12F6N6O. The van der Waals surface area contributed by atoms with Crippen molar-refractivity contribution in [3.05, 3.63) is 71.7 Å². The zero-order valence-electron chi connectivity index (χ0n) is 15.8. The molecule has 2 heterocycles. The molecular weight excluding hydrogens is 442 g/mol. The Hall–Kier alpha value is -3.74. The van der Waals surface area contributed by atoms with Crippen LogP contribution in [0, 0.1) is 0 Å². The van der Waals surface area contributed by atoms with Gasteiger partial charge in [0.2, 0.25) is 0 Å². The smallest absolute Gasteiger partial charge is 0.390 e. The maximum atomic E-state index is 13.2. The second-order valence-corrected chi connectivity index (χ2v) is 6.57. The van der Waals surface area contributed by atoms with Gasteiger partial charge in [-0.1, -0.05) is 23.4 Å². The Morgan fingerprint density at radius 3 is 2.06 bits per heavy atom. The summed E-state index contributed by atoms with van der Waals surface area (Å²) in [5, 5.41) is 21.4. The topological polar surface area (TPSA) is 81.7 Å². The van der Waals surface area contributed by atoms with Crippen LogP contribution in [-0.2, 0) is 19.0 Å². The lowest BCUT2D eigenvalue weighted by Gasteiger charge is -2.13. The van der Waals surface area contributed by atoms with Crippen LogP contribution in [0.4, 0.5) is 26.3 Å². The van der Waals surface area contributed by atoms with Gasteiger partial charge < -0.3 is 5.11 Å². The molecule has 0 spiro atoms. The molecule has 0 aliphatic carbocycles. The zero-order valence-corrected chi connectivity index (χ0v) is 15.8. The van der Waals surface area contributed by atoms with E-state index in [4.69, 9.17) is 0 Å². The van der Waals surface area contributed by atoms with Gasteiger partial charge >= 0.3 is 12.4 Å². The van der Waals surface area contributed by atoms with Crippen molar-refractivity contribution in [2.75, 3.05) is 0 Å². The van der Waals surface area contributed by atoms with Gasteiger partial charge in [0.05, 0.1) is 23.4 Å². The van der Waals surface area contributed by atoms with Crippen molar-refractivity contribution in [2.45, 2.75) is 19.0 Å². The molecule has 0 aliphatic rings. The van der Waals surface area contributed by atoms with Crippen molar-refractivity contribution >= 4 is 0 Å². The van der Waals surface area contributed by atoms with E-state index in [1.54, 1.807) is 30.3 Å². The van der Waals surface area contributed by atoms with Crippen molar-refractivity contribution < 1.29 is 31.4 Å². The normalized spacial score (nSPS) is 12.3. The van der Waals surface area contributed by atoms with Gasteiger partial charge in [-0.05, 0) is 30.3 Å². The fourth-order valence-electron chi connectivity index (χ4n) is 2.96. The summed E-state index contributed by atoms with van der Waals surface area (Å²) < 4.78 is 81.3. The van der Waals surface area contributed by atoms with Crippen LogP contribution in [-0.4, -0.2) is 34.9 Å². The van der Waals surface area contributed by atoms with Gasteiger partial charge in [-0.3, -0.25) is 0 Å². The first-order valence-corrected chi connectivity index (χ1v) is 8.90. The van der Waals surface area contributed by atoms with Gasteiger partial charge in [0.1, 0.15) is 12.0 Å². The molecule has 4 rings (SSSR count). The lowest BCUT2D eigenvalue weighted by atomic mass is 10.0. The minimum atomic E-state index is -5.00. The Balaban J connectivity index is 1.84. The predicted octanol–water partition coefficient (Wildman–Crippen LogP) is 4.04. The Bertz CT molecular complexity index is 1210. The molecule has 0 fully saturated rings. The number of nitrogens with zero attached hydrogens (tertiary/aromatic N) is 6. The summed E-state index contributed by atoms with van der Waals surface area (Å²) in [4.78, 5) is 3.87. The monoisotopic (exact) mass is 454 g/mol. The first-order valence-electron chi connectivity index (χ1n) is 8.90. The van der Waals surface area contributed by atoms with Crippen LogP contribution in [0.2, 0.25) is 0 Å². The predicted molar refractivity (Wildman–Crippen MR) is 97.6 cm³/mol. The van der Waals surface area contributed by atoms with Crippen LogP contribution in [0.1, 0.15) is 16.8 Å². The highest BCUT2D eigenvalue weighted by Crippen LogP contribution is 2.38. The first-order chi connectivity index (χ1) is 15.1. The molecule has 0 unspecified atom stereocenters. The summed E-state index contributed by atoms with van der Waals surface area (Å²) >= 11 is 0. The summed E-state index contributed by atoms with van der Waals surface area (Å²) in [5.41, 5.74) is -2.83. The zero-order chi connectivity index (χ0) is 23.1. The Labute approximate surface area is 175 Å². The van der Waals surface area contributed by atoms with Gasteiger partial charge in [0.25, 0.3) is 0 Å². The van der Waals surface area contributed by atoms with Crippen molar-refractivity contribution in [1.82, 2.24) is 29.8 Å². The highest BCUT2D eigenvalue weighted by atomic mass is 19.4. The van der Waals surface area contributed by atoms with Crippen molar-refractivity contribution in [2.24, 2.45) is 0 Å². The van der Waals surface area contributed by atoms with Gasteiger partial charge in [0, 0.05) is 5.56 Å². The summed E-state index contributed by atoms with van der Waals surface area (Å²) in [6, 6.07) is 9.65. The van der Waals surface area contributed by atoms with Crippen LogP contribution < -0.4 is 0 Å². The molecule has 32 heavy (non-hydrogen) atoms. The average molecular weight is 454 g/mol. The third-order valence-electron chi connectivity index (χ3n) is 4.42. The van der Waals surface area contributed by atoms with E-state index in [-0.39, 0.29) is 23.4 Å². The van der Waals surface area contributed by atoms with Crippen LogP contribution in [0.5, 0.6) is 0 Å². The standard InChI is InChI=1S/C19H12F6N6O/c20-18(21,22)12-6-11(7-13(8-12)19(23,24)25)16-26-10-30(28-16)17-15(9-32)27-29-31(17)14-4-2-1-3-5-14/h1-8,10,32H,9H2. The number of aromatic nitrogens is 6. The quantitative estimate of drug-likeness (QED) is 0.471. The summed E-state index contributed by atoms with van der Waals surface area (Å²) in [7, 11) is 0. The van der Waals surface area contributed by atoms with Crippen molar-refractivity contribution in [1.29, 1.82) is 0 Å². The number of aliphatic hydroxyl groups excluding tert-OH is 1. The molecule has 0 amide bonds. The SMILES string of the molecule is OCc1nnn(-c2ccccc2)c1-n1cnc(-c2cc(C(F)(F)F)cc(C(F)(F)F)c2)n1. The molecule has 2 aromatic heterocycles. The summed E-state index contributed by atoms with van der Waals surface area (Å²) in [6.45, 7) is -0.543. The number of aliphatic hydroxyl groups is 1. The van der Waals surface area contributed by atoms with Crippen molar-refractivity contribution in [3.63, 3.8) is 0 Å². The average Bonchev–Trinajstić information content (AvgIpc) is 3.39. The first kappa shape index (κ1) is 21.5. The van der Waals surface area contributed by atoms with E-state index in [0.717, 1.165) is 11.0 Å². The lowest BCUT2D eigenvalue weighted by molar-refractivity contribution is -0.143. The fourth-order valence-corrected chi connectivity index (χ4v) is 2.96. The maximum absolute atomic E-state index is 13.2. The van der Waals surface area contributed by atoms with Gasteiger partial charge in [-0.15, -0.1) is 10.2 Å². The van der Waals surface area contributed by atoms with E-state index in [2.05, 4.69) is 20.4 Å². The number of benzene rings is 2. The Morgan fingerprint density at radius 2 is 1.50 bits per heavy atom. The van der Waals surface area contributed by atoms with E-state index in [9.17, 15) is 31.4 Å². The Kier molecular flexibility index (Phi) is 5.20. The number of alkyl halides is 6. The second kappa shape index (κ2) is 7.75. The van der Waals surface area contributed by atoms with Gasteiger partial charge in [-0.2, -0.15) is 35.7 Å². The molecule has 1 N–H and O–H groups in total. The van der Waals surface area contributed by atoms with Crippen LogP contribution >= 0.6 is 0 Å². The Morgan fingerprint density at radius 1 is 0.875 bits per heavy atom. The lowest BCUT2D eigenvalue weighted by Crippen LogP contribution is -2.11. The van der Waals surface area contributed by atoms with Crippen LogP contribution in [0.25, 0.3) is 22.9 Å². The number of rotatable bonds is 4. The number of para-hydroxylation sites is 1. The van der Waals surface area contributed by atoms with Gasteiger partial charge in [0.15, 0.2) is 11.6 Å². The molecule has 166 valence electrons. The van der Waals surface area contributed by atoms with Crippen LogP contribution in [0.15, 0.2) is 54.9 Å². The van der Waals surface area contributed by atoms with Crippen LogP contribution in [0.3, 0.4) is 0 Å². The van der Waals surface area contributed by atoms with E-state index >= 15 is 0 Å². The maximum Gasteiger partial charge on any atom is 0.416 e. The molecule has 13 heteroatoms. The van der Waals surface area contributed by atoms with E-state index in [0.29, 0.717) is 17.8 Å². The third kappa shape index (κ3) is 4.06.